The SMILES string of the molecule is C#CCOC1(CCCC)C=CC(=O)C=C1. The molecule has 0 fully saturated rings. The second-order valence-electron chi connectivity index (χ2n) is 3.62. The van der Waals surface area contributed by atoms with E-state index in [1.807, 2.05) is 12.2 Å². The number of terminal acetylenes is 1. The van der Waals surface area contributed by atoms with Gasteiger partial charge in [0.25, 0.3) is 0 Å². The zero-order valence-corrected chi connectivity index (χ0v) is 9.03. The fraction of sp³-hybridized carbons (Fsp3) is 0.462. The third-order valence-corrected chi connectivity index (χ3v) is 2.40. The molecule has 0 saturated heterocycles. The number of carbonyl (C=O) groups excluding carboxylic acids is 1. The van der Waals surface area contributed by atoms with E-state index in [-0.39, 0.29) is 12.4 Å². The summed E-state index contributed by atoms with van der Waals surface area (Å²) in [5.41, 5.74) is -0.462. The summed E-state index contributed by atoms with van der Waals surface area (Å²) in [5, 5.41) is 0. The molecule has 80 valence electrons. The Morgan fingerprint density at radius 2 is 2.13 bits per heavy atom. The smallest absolute Gasteiger partial charge is 0.178 e. The average Bonchev–Trinajstić information content (AvgIpc) is 2.27. The van der Waals surface area contributed by atoms with Gasteiger partial charge in [-0.1, -0.05) is 25.7 Å². The fourth-order valence-corrected chi connectivity index (χ4v) is 1.52. The first-order chi connectivity index (χ1) is 7.22. The minimum Gasteiger partial charge on any atom is -0.354 e. The molecule has 0 N–H and O–H groups in total. The first kappa shape index (κ1) is 11.7. The van der Waals surface area contributed by atoms with Crippen molar-refractivity contribution in [2.45, 2.75) is 31.8 Å². The summed E-state index contributed by atoms with van der Waals surface area (Å²) >= 11 is 0. The number of hydrogen-bond donors (Lipinski definition) is 0. The van der Waals surface area contributed by atoms with Crippen molar-refractivity contribution in [3.8, 4) is 12.3 Å². The Balaban J connectivity index is 2.69. The quantitative estimate of drug-likeness (QED) is 0.642. The molecule has 1 aliphatic carbocycles. The summed E-state index contributed by atoms with van der Waals surface area (Å²) in [5.74, 6) is 2.46. The molecule has 0 aliphatic heterocycles. The Hall–Kier alpha value is -1.33. The normalized spacial score (nSPS) is 17.7. The number of rotatable bonds is 5. The van der Waals surface area contributed by atoms with Crippen LogP contribution in [0.25, 0.3) is 0 Å². The number of unbranched alkanes of at least 4 members (excludes halogenated alkanes) is 1. The molecule has 0 unspecified atom stereocenters. The highest BCUT2D eigenvalue weighted by molar-refractivity contribution is 6.00. The maximum absolute atomic E-state index is 11.0. The van der Waals surface area contributed by atoms with E-state index in [9.17, 15) is 4.79 Å². The van der Waals surface area contributed by atoms with Crippen LogP contribution in [0.1, 0.15) is 26.2 Å². The third kappa shape index (κ3) is 3.38. The van der Waals surface area contributed by atoms with Gasteiger partial charge in [0.1, 0.15) is 12.2 Å². The topological polar surface area (TPSA) is 26.3 Å². The number of hydrogen-bond acceptors (Lipinski definition) is 2. The van der Waals surface area contributed by atoms with Crippen LogP contribution in [0.3, 0.4) is 0 Å². The molecule has 2 nitrogen and oxygen atoms in total. The van der Waals surface area contributed by atoms with Gasteiger partial charge in [0.15, 0.2) is 5.78 Å². The van der Waals surface area contributed by atoms with Crippen molar-refractivity contribution < 1.29 is 9.53 Å². The van der Waals surface area contributed by atoms with E-state index in [2.05, 4.69) is 12.8 Å². The third-order valence-electron chi connectivity index (χ3n) is 2.40. The van der Waals surface area contributed by atoms with E-state index in [0.717, 1.165) is 19.3 Å². The highest BCUT2D eigenvalue weighted by Crippen LogP contribution is 2.25. The molecule has 0 aromatic rings. The van der Waals surface area contributed by atoms with Gasteiger partial charge in [0, 0.05) is 0 Å². The fourth-order valence-electron chi connectivity index (χ4n) is 1.52. The second-order valence-corrected chi connectivity index (χ2v) is 3.62. The maximum atomic E-state index is 11.0. The standard InChI is InChI=1S/C13H16O2/c1-3-5-8-13(15-11-4-2)9-6-12(14)7-10-13/h2,6-7,9-10H,3,5,8,11H2,1H3. The summed E-state index contributed by atoms with van der Waals surface area (Å²) in [6.07, 6.45) is 14.9. The number of ether oxygens (including phenoxy) is 1. The molecule has 0 spiro atoms. The predicted octanol–water partition coefficient (Wildman–Crippen LogP) is 2.26. The van der Waals surface area contributed by atoms with Crippen LogP contribution < -0.4 is 0 Å². The van der Waals surface area contributed by atoms with Crippen molar-refractivity contribution in [3.63, 3.8) is 0 Å². The number of carbonyl (C=O) groups is 1. The molecule has 0 aromatic heterocycles. The molecule has 0 radical (unpaired) electrons. The van der Waals surface area contributed by atoms with Gasteiger partial charge in [-0.2, -0.15) is 0 Å². The van der Waals surface area contributed by atoms with Gasteiger partial charge >= 0.3 is 0 Å². The van der Waals surface area contributed by atoms with E-state index >= 15 is 0 Å². The lowest BCUT2D eigenvalue weighted by Gasteiger charge is -2.28. The van der Waals surface area contributed by atoms with Crippen molar-refractivity contribution in [1.29, 1.82) is 0 Å². The van der Waals surface area contributed by atoms with Crippen LogP contribution in [0.5, 0.6) is 0 Å². The molecule has 2 heteroatoms. The van der Waals surface area contributed by atoms with Gasteiger partial charge in [-0.25, -0.2) is 0 Å². The summed E-state index contributed by atoms with van der Waals surface area (Å²) in [7, 11) is 0. The summed E-state index contributed by atoms with van der Waals surface area (Å²) in [6.45, 7) is 2.39. The Kier molecular flexibility index (Phi) is 4.33. The van der Waals surface area contributed by atoms with Crippen LogP contribution in [0, 0.1) is 12.3 Å². The van der Waals surface area contributed by atoms with E-state index in [1.165, 1.54) is 0 Å². The monoisotopic (exact) mass is 204 g/mol. The molecule has 0 bridgehead atoms. The van der Waals surface area contributed by atoms with Gasteiger partial charge in [-0.3, -0.25) is 4.79 Å². The van der Waals surface area contributed by atoms with Crippen LogP contribution in [0.2, 0.25) is 0 Å². The Bertz CT molecular complexity index is 302. The van der Waals surface area contributed by atoms with Gasteiger partial charge in [0.05, 0.1) is 0 Å². The van der Waals surface area contributed by atoms with Crippen LogP contribution in [-0.4, -0.2) is 18.0 Å². The Labute approximate surface area is 91.0 Å². The van der Waals surface area contributed by atoms with Crippen molar-refractivity contribution in [2.24, 2.45) is 0 Å². The van der Waals surface area contributed by atoms with Crippen LogP contribution >= 0.6 is 0 Å². The van der Waals surface area contributed by atoms with Gasteiger partial charge in [0.2, 0.25) is 0 Å². The van der Waals surface area contributed by atoms with Crippen molar-refractivity contribution in [2.75, 3.05) is 6.61 Å². The molecule has 0 heterocycles. The summed E-state index contributed by atoms with van der Waals surface area (Å²) < 4.78 is 5.61. The van der Waals surface area contributed by atoms with E-state index in [0.29, 0.717) is 0 Å². The summed E-state index contributed by atoms with van der Waals surface area (Å²) in [6, 6.07) is 0. The number of ketones is 1. The second kappa shape index (κ2) is 5.53. The molecule has 0 atom stereocenters. The van der Waals surface area contributed by atoms with E-state index < -0.39 is 5.60 Å². The Morgan fingerprint density at radius 3 is 2.67 bits per heavy atom. The molecule has 0 saturated carbocycles. The minimum absolute atomic E-state index is 0.00595. The molecule has 1 aliphatic rings. The summed E-state index contributed by atoms with van der Waals surface area (Å²) in [4.78, 5) is 11.0. The number of allylic oxidation sites excluding steroid dienone is 2. The molecular weight excluding hydrogens is 188 g/mol. The highest BCUT2D eigenvalue weighted by atomic mass is 16.5. The zero-order chi connectivity index (χ0) is 11.1. The lowest BCUT2D eigenvalue weighted by Crippen LogP contribution is -2.30. The predicted molar refractivity (Wildman–Crippen MR) is 60.3 cm³/mol. The van der Waals surface area contributed by atoms with E-state index in [4.69, 9.17) is 11.2 Å². The van der Waals surface area contributed by atoms with Crippen LogP contribution in [-0.2, 0) is 9.53 Å². The van der Waals surface area contributed by atoms with Gasteiger partial charge < -0.3 is 4.74 Å². The first-order valence-corrected chi connectivity index (χ1v) is 5.22. The van der Waals surface area contributed by atoms with Gasteiger partial charge in [-0.15, -0.1) is 6.42 Å². The molecular formula is C13H16O2. The highest BCUT2D eigenvalue weighted by Gasteiger charge is 2.26. The van der Waals surface area contributed by atoms with Gasteiger partial charge in [-0.05, 0) is 30.7 Å². The Morgan fingerprint density at radius 1 is 1.47 bits per heavy atom. The van der Waals surface area contributed by atoms with Crippen molar-refractivity contribution in [3.05, 3.63) is 24.3 Å². The van der Waals surface area contributed by atoms with Crippen LogP contribution in [0.4, 0.5) is 0 Å². The van der Waals surface area contributed by atoms with Crippen LogP contribution in [0.15, 0.2) is 24.3 Å². The lowest BCUT2D eigenvalue weighted by molar-refractivity contribution is -0.110. The molecule has 1 rings (SSSR count). The molecule has 15 heavy (non-hydrogen) atoms. The maximum Gasteiger partial charge on any atom is 0.178 e. The van der Waals surface area contributed by atoms with E-state index in [1.54, 1.807) is 12.2 Å². The average molecular weight is 204 g/mol. The lowest BCUT2D eigenvalue weighted by atomic mass is 9.91. The molecule has 0 aromatic carbocycles. The zero-order valence-electron chi connectivity index (χ0n) is 9.03. The van der Waals surface area contributed by atoms with Crippen molar-refractivity contribution in [1.82, 2.24) is 0 Å². The minimum atomic E-state index is -0.462. The largest absolute Gasteiger partial charge is 0.354 e. The first-order valence-electron chi connectivity index (χ1n) is 5.22. The van der Waals surface area contributed by atoms with Crippen molar-refractivity contribution >= 4 is 5.78 Å². The molecule has 0 amide bonds.